The monoisotopic (exact) mass is 313 g/mol. The Bertz CT molecular complexity index is 572. The van der Waals surface area contributed by atoms with Gasteiger partial charge in [0.25, 0.3) is 0 Å². The molecule has 0 aliphatic carbocycles. The summed E-state index contributed by atoms with van der Waals surface area (Å²) in [5.74, 6) is 0.0871. The predicted molar refractivity (Wildman–Crippen MR) is 79.8 cm³/mol. The number of nitrogens with zero attached hydrogens (tertiary/aromatic N) is 1. The van der Waals surface area contributed by atoms with Gasteiger partial charge in [-0.3, -0.25) is 4.79 Å². The highest BCUT2D eigenvalue weighted by Gasteiger charge is 2.07. The van der Waals surface area contributed by atoms with Gasteiger partial charge in [-0.05, 0) is 31.3 Å². The van der Waals surface area contributed by atoms with E-state index >= 15 is 0 Å². The molecule has 0 radical (unpaired) electrons. The Labute approximate surface area is 128 Å². The molecule has 114 valence electrons. The van der Waals surface area contributed by atoms with E-state index in [9.17, 15) is 9.18 Å². The van der Waals surface area contributed by atoms with E-state index in [1.54, 1.807) is 25.4 Å². The minimum absolute atomic E-state index is 0. The molecule has 1 aromatic carbocycles. The van der Waals surface area contributed by atoms with Gasteiger partial charge < -0.3 is 15.1 Å². The molecule has 1 amide bonds. The molecule has 21 heavy (non-hydrogen) atoms. The maximum absolute atomic E-state index is 12.8. The lowest BCUT2D eigenvalue weighted by molar-refractivity contribution is -0.120. The topological polar surface area (TPSA) is 67.2 Å². The van der Waals surface area contributed by atoms with Gasteiger partial charge in [0, 0.05) is 18.5 Å². The third-order valence-corrected chi connectivity index (χ3v) is 2.68. The highest BCUT2D eigenvalue weighted by atomic mass is 35.5. The summed E-state index contributed by atoms with van der Waals surface area (Å²) < 4.78 is 18.2. The lowest BCUT2D eigenvalue weighted by atomic mass is 10.2. The van der Waals surface area contributed by atoms with Crippen LogP contribution in [-0.2, 0) is 11.2 Å². The van der Waals surface area contributed by atoms with Gasteiger partial charge in [0.05, 0.1) is 12.2 Å². The van der Waals surface area contributed by atoms with Crippen LogP contribution in [0.4, 0.5) is 4.39 Å². The van der Waals surface area contributed by atoms with Gasteiger partial charge in [-0.2, -0.15) is 0 Å². The molecule has 0 atom stereocenters. The number of likely N-dealkylation sites (N-methyl/N-ethyl adjacent to an activating group) is 1. The quantitative estimate of drug-likeness (QED) is 0.853. The summed E-state index contributed by atoms with van der Waals surface area (Å²) in [6, 6.07) is 5.94. The van der Waals surface area contributed by atoms with Crippen molar-refractivity contribution in [1.29, 1.82) is 0 Å². The first-order valence-corrected chi connectivity index (χ1v) is 6.30. The molecule has 0 fully saturated rings. The highest BCUT2D eigenvalue weighted by Crippen LogP contribution is 2.18. The lowest BCUT2D eigenvalue weighted by Gasteiger charge is -2.02. The first-order valence-electron chi connectivity index (χ1n) is 6.30. The number of nitrogens with one attached hydrogen (secondary N) is 2. The Hall–Kier alpha value is -1.92. The van der Waals surface area contributed by atoms with Gasteiger partial charge in [0.15, 0.2) is 0 Å². The minimum Gasteiger partial charge on any atom is -0.444 e. The summed E-state index contributed by atoms with van der Waals surface area (Å²) in [7, 11) is 1.71. The van der Waals surface area contributed by atoms with E-state index in [0.717, 1.165) is 11.3 Å². The molecule has 0 bridgehead atoms. The molecule has 0 aliphatic rings. The largest absolute Gasteiger partial charge is 0.444 e. The Morgan fingerprint density at radius 1 is 1.33 bits per heavy atom. The normalized spacial score (nSPS) is 10.0. The van der Waals surface area contributed by atoms with Crippen LogP contribution in [0.15, 0.2) is 34.9 Å². The predicted octanol–water partition coefficient (Wildman–Crippen LogP) is 1.78. The standard InChI is InChI=1S/C14H16FN3O2.ClH/c1-16-8-13(19)17-7-6-12-9-20-14(18-12)10-2-4-11(15)5-3-10;/h2-5,9,16H,6-8H2,1H3,(H,17,19);1H. The van der Waals surface area contributed by atoms with Crippen LogP contribution in [0.25, 0.3) is 11.5 Å². The number of carbonyl (C=O) groups is 1. The molecule has 2 aromatic rings. The molecule has 1 aromatic heterocycles. The van der Waals surface area contributed by atoms with E-state index < -0.39 is 0 Å². The Kier molecular flexibility index (Phi) is 6.84. The highest BCUT2D eigenvalue weighted by molar-refractivity contribution is 5.85. The number of hydrogen-bond acceptors (Lipinski definition) is 4. The molecular formula is C14H17ClFN3O2. The summed E-state index contributed by atoms with van der Waals surface area (Å²) in [5, 5.41) is 5.53. The van der Waals surface area contributed by atoms with E-state index in [4.69, 9.17) is 4.42 Å². The number of oxazole rings is 1. The first-order chi connectivity index (χ1) is 9.69. The van der Waals surface area contributed by atoms with Crippen molar-refractivity contribution < 1.29 is 13.6 Å². The minimum atomic E-state index is -0.298. The van der Waals surface area contributed by atoms with Crippen LogP contribution in [0, 0.1) is 5.82 Å². The summed E-state index contributed by atoms with van der Waals surface area (Å²) in [6.45, 7) is 0.787. The summed E-state index contributed by atoms with van der Waals surface area (Å²) >= 11 is 0. The van der Waals surface area contributed by atoms with E-state index in [-0.39, 0.29) is 24.1 Å². The Balaban J connectivity index is 0.00000220. The average Bonchev–Trinajstić information content (AvgIpc) is 2.89. The van der Waals surface area contributed by atoms with Crippen molar-refractivity contribution >= 4 is 18.3 Å². The van der Waals surface area contributed by atoms with Crippen LogP contribution in [0.5, 0.6) is 0 Å². The van der Waals surface area contributed by atoms with Crippen molar-refractivity contribution in [3.63, 3.8) is 0 Å². The van der Waals surface area contributed by atoms with Crippen molar-refractivity contribution in [2.75, 3.05) is 20.1 Å². The van der Waals surface area contributed by atoms with Gasteiger partial charge in [-0.1, -0.05) is 0 Å². The lowest BCUT2D eigenvalue weighted by Crippen LogP contribution is -2.33. The summed E-state index contributed by atoms with van der Waals surface area (Å²) in [5.41, 5.74) is 1.46. The molecule has 2 rings (SSSR count). The number of halogens is 2. The number of rotatable bonds is 6. The molecular weight excluding hydrogens is 297 g/mol. The summed E-state index contributed by atoms with van der Waals surface area (Å²) in [4.78, 5) is 15.5. The van der Waals surface area contributed by atoms with Crippen molar-refractivity contribution in [3.05, 3.63) is 42.0 Å². The second kappa shape index (κ2) is 8.39. The van der Waals surface area contributed by atoms with Gasteiger partial charge in [0.2, 0.25) is 11.8 Å². The molecule has 0 saturated heterocycles. The fourth-order valence-electron chi connectivity index (χ4n) is 1.70. The smallest absolute Gasteiger partial charge is 0.233 e. The van der Waals surface area contributed by atoms with Crippen molar-refractivity contribution in [1.82, 2.24) is 15.6 Å². The molecule has 0 unspecified atom stereocenters. The molecule has 2 N–H and O–H groups in total. The van der Waals surface area contributed by atoms with Gasteiger partial charge in [-0.25, -0.2) is 9.37 Å². The zero-order chi connectivity index (χ0) is 14.4. The van der Waals surface area contributed by atoms with Gasteiger partial charge >= 0.3 is 0 Å². The zero-order valence-corrected chi connectivity index (χ0v) is 12.4. The fraction of sp³-hybridized carbons (Fsp3) is 0.286. The average molecular weight is 314 g/mol. The van der Waals surface area contributed by atoms with E-state index in [0.29, 0.717) is 25.4 Å². The summed E-state index contributed by atoms with van der Waals surface area (Å²) in [6.07, 6.45) is 2.13. The Morgan fingerprint density at radius 2 is 2.05 bits per heavy atom. The van der Waals surface area contributed by atoms with E-state index in [2.05, 4.69) is 15.6 Å². The van der Waals surface area contributed by atoms with Gasteiger partial charge in [-0.15, -0.1) is 12.4 Å². The SMILES string of the molecule is CNCC(=O)NCCc1coc(-c2ccc(F)cc2)n1.Cl. The molecule has 5 nitrogen and oxygen atoms in total. The van der Waals surface area contributed by atoms with Crippen molar-refractivity contribution in [2.24, 2.45) is 0 Å². The number of carbonyl (C=O) groups excluding carboxylic acids is 1. The molecule has 0 spiro atoms. The van der Waals surface area contributed by atoms with Crippen LogP contribution in [-0.4, -0.2) is 31.0 Å². The van der Waals surface area contributed by atoms with Crippen molar-refractivity contribution in [3.8, 4) is 11.5 Å². The Morgan fingerprint density at radius 3 is 2.71 bits per heavy atom. The fourth-order valence-corrected chi connectivity index (χ4v) is 1.70. The third kappa shape index (κ3) is 5.17. The molecule has 0 aliphatic heterocycles. The molecule has 1 heterocycles. The van der Waals surface area contributed by atoms with E-state index in [1.165, 1.54) is 12.1 Å². The number of benzene rings is 1. The van der Waals surface area contributed by atoms with Crippen LogP contribution < -0.4 is 10.6 Å². The van der Waals surface area contributed by atoms with Crippen molar-refractivity contribution in [2.45, 2.75) is 6.42 Å². The second-order valence-electron chi connectivity index (χ2n) is 4.28. The van der Waals surface area contributed by atoms with Gasteiger partial charge in [0.1, 0.15) is 12.1 Å². The maximum Gasteiger partial charge on any atom is 0.233 e. The number of aromatic nitrogens is 1. The van der Waals surface area contributed by atoms with Crippen LogP contribution in [0.2, 0.25) is 0 Å². The third-order valence-electron chi connectivity index (χ3n) is 2.68. The number of amides is 1. The molecule has 0 saturated carbocycles. The van der Waals surface area contributed by atoms with Crippen LogP contribution >= 0.6 is 12.4 Å². The van der Waals surface area contributed by atoms with E-state index in [1.807, 2.05) is 0 Å². The van der Waals surface area contributed by atoms with Crippen LogP contribution in [0.1, 0.15) is 5.69 Å². The van der Waals surface area contributed by atoms with Crippen LogP contribution in [0.3, 0.4) is 0 Å². The second-order valence-corrected chi connectivity index (χ2v) is 4.28. The number of hydrogen-bond donors (Lipinski definition) is 2. The maximum atomic E-state index is 12.8. The zero-order valence-electron chi connectivity index (χ0n) is 11.6. The molecule has 7 heteroatoms. The first kappa shape index (κ1) is 17.1.